The summed E-state index contributed by atoms with van der Waals surface area (Å²) in [6.07, 6.45) is 4.82. The number of aromatic nitrogens is 2. The highest BCUT2D eigenvalue weighted by atomic mass is 16.5. The second-order valence-electron chi connectivity index (χ2n) is 10.9. The molecular formula is C40H44N4O7. The molecule has 3 aromatic carbocycles. The van der Waals surface area contributed by atoms with Crippen LogP contribution >= 0.6 is 0 Å². The fourth-order valence-electron chi connectivity index (χ4n) is 5.06. The minimum atomic E-state index is -0.208. The molecule has 0 unspecified atom stereocenters. The molecule has 0 bridgehead atoms. The first kappa shape index (κ1) is 37.7. The molecule has 0 saturated heterocycles. The van der Waals surface area contributed by atoms with Gasteiger partial charge >= 0.3 is 0 Å². The molecule has 5 aromatic rings. The predicted octanol–water partition coefficient (Wildman–Crippen LogP) is 6.46. The van der Waals surface area contributed by atoms with Crippen molar-refractivity contribution in [2.45, 2.75) is 19.8 Å². The maximum atomic E-state index is 13.2. The number of benzene rings is 3. The third-order valence-corrected chi connectivity index (χ3v) is 7.68. The third kappa shape index (κ3) is 10.9. The van der Waals surface area contributed by atoms with Crippen molar-refractivity contribution in [2.24, 2.45) is 0 Å². The molecule has 0 aliphatic heterocycles. The normalized spacial score (nSPS) is 10.2. The van der Waals surface area contributed by atoms with Crippen molar-refractivity contribution in [1.82, 2.24) is 15.3 Å². The summed E-state index contributed by atoms with van der Waals surface area (Å²) in [4.78, 5) is 35.8. The van der Waals surface area contributed by atoms with Crippen molar-refractivity contribution in [1.29, 1.82) is 0 Å². The van der Waals surface area contributed by atoms with E-state index < -0.39 is 0 Å². The summed E-state index contributed by atoms with van der Waals surface area (Å²) < 4.78 is 26.4. The Hall–Kier alpha value is -6.10. The van der Waals surface area contributed by atoms with E-state index in [0.717, 1.165) is 28.6 Å². The Bertz CT molecular complexity index is 1780. The van der Waals surface area contributed by atoms with E-state index in [0.29, 0.717) is 60.9 Å². The van der Waals surface area contributed by atoms with Gasteiger partial charge in [0.15, 0.2) is 11.5 Å². The predicted molar refractivity (Wildman–Crippen MR) is 197 cm³/mol. The monoisotopic (exact) mass is 692 g/mol. The second-order valence-corrected chi connectivity index (χ2v) is 10.9. The fraction of sp³-hybridized carbons (Fsp3) is 0.250. The van der Waals surface area contributed by atoms with Crippen LogP contribution in [0.5, 0.6) is 28.7 Å². The van der Waals surface area contributed by atoms with E-state index >= 15 is 0 Å². The van der Waals surface area contributed by atoms with Gasteiger partial charge in [0.05, 0.1) is 35.0 Å². The number of amides is 2. The summed E-state index contributed by atoms with van der Waals surface area (Å²) in [5, 5.41) is 2.86. The molecule has 11 nitrogen and oxygen atoms in total. The minimum absolute atomic E-state index is 0.0669. The topological polar surface area (TPSA) is 121 Å². The maximum absolute atomic E-state index is 13.2. The smallest absolute Gasteiger partial charge is 0.258 e. The lowest BCUT2D eigenvalue weighted by Crippen LogP contribution is -2.33. The van der Waals surface area contributed by atoms with Crippen LogP contribution in [0.1, 0.15) is 39.0 Å². The van der Waals surface area contributed by atoms with Crippen LogP contribution in [0.2, 0.25) is 0 Å². The number of anilines is 1. The second kappa shape index (κ2) is 19.8. The van der Waals surface area contributed by atoms with E-state index in [1.807, 2.05) is 67.6 Å². The molecule has 266 valence electrons. The van der Waals surface area contributed by atoms with Gasteiger partial charge in [-0.15, -0.1) is 0 Å². The summed E-state index contributed by atoms with van der Waals surface area (Å²) in [5.74, 6) is 2.58. The number of methoxy groups -OCH3 is 4. The van der Waals surface area contributed by atoms with Gasteiger partial charge in [0.2, 0.25) is 5.75 Å². The largest absolute Gasteiger partial charge is 0.497 e. The van der Waals surface area contributed by atoms with Crippen LogP contribution in [-0.4, -0.2) is 69.9 Å². The van der Waals surface area contributed by atoms with Crippen molar-refractivity contribution >= 4 is 17.5 Å². The molecule has 0 aliphatic carbocycles. The van der Waals surface area contributed by atoms with Gasteiger partial charge < -0.3 is 33.9 Å². The molecule has 5 rings (SSSR count). The Labute approximate surface area is 299 Å². The number of rotatable bonds is 15. The Morgan fingerprint density at radius 3 is 1.76 bits per heavy atom. The number of pyridine rings is 2. The Balaban J connectivity index is 0.000000233. The molecule has 2 amide bonds. The minimum Gasteiger partial charge on any atom is -0.497 e. The molecule has 0 fully saturated rings. The van der Waals surface area contributed by atoms with Crippen LogP contribution in [0.4, 0.5) is 5.69 Å². The molecule has 1 N–H and O–H groups in total. The number of hydrogen-bond donors (Lipinski definition) is 1. The van der Waals surface area contributed by atoms with Gasteiger partial charge in [-0.2, -0.15) is 0 Å². The number of hydrogen-bond acceptors (Lipinski definition) is 9. The summed E-state index contributed by atoms with van der Waals surface area (Å²) in [6.45, 7) is 3.57. The summed E-state index contributed by atoms with van der Waals surface area (Å²) >= 11 is 0. The fourth-order valence-corrected chi connectivity index (χ4v) is 5.06. The maximum Gasteiger partial charge on any atom is 0.258 e. The zero-order chi connectivity index (χ0) is 36.4. The van der Waals surface area contributed by atoms with Gasteiger partial charge in [0, 0.05) is 66.5 Å². The number of nitrogens with one attached hydrogen (secondary N) is 1. The van der Waals surface area contributed by atoms with Crippen molar-refractivity contribution < 1.29 is 33.3 Å². The Morgan fingerprint density at radius 1 is 0.667 bits per heavy atom. The van der Waals surface area contributed by atoms with E-state index in [2.05, 4.69) is 15.3 Å². The van der Waals surface area contributed by atoms with Gasteiger partial charge in [0.25, 0.3) is 11.8 Å². The quantitative estimate of drug-likeness (QED) is 0.132. The molecule has 0 spiro atoms. The van der Waals surface area contributed by atoms with E-state index in [1.165, 1.54) is 21.3 Å². The Kier molecular flexibility index (Phi) is 14.6. The lowest BCUT2D eigenvalue weighted by atomic mass is 10.1. The molecule has 0 aliphatic rings. The zero-order valence-corrected chi connectivity index (χ0v) is 29.6. The summed E-state index contributed by atoms with van der Waals surface area (Å²) in [5.41, 5.74) is 3.75. The third-order valence-electron chi connectivity index (χ3n) is 7.68. The molecule has 0 atom stereocenters. The van der Waals surface area contributed by atoms with Crippen molar-refractivity contribution in [2.75, 3.05) is 53.0 Å². The van der Waals surface area contributed by atoms with Gasteiger partial charge in [-0.1, -0.05) is 12.1 Å². The first-order valence-corrected chi connectivity index (χ1v) is 16.5. The molecule has 2 aromatic heterocycles. The van der Waals surface area contributed by atoms with Gasteiger partial charge in [-0.05, 0) is 91.9 Å². The zero-order valence-electron chi connectivity index (χ0n) is 29.6. The molecular weight excluding hydrogens is 648 g/mol. The number of carbonyl (C=O) groups is 2. The molecule has 11 heteroatoms. The van der Waals surface area contributed by atoms with E-state index in [9.17, 15) is 9.59 Å². The Morgan fingerprint density at radius 2 is 1.25 bits per heavy atom. The lowest BCUT2D eigenvalue weighted by Gasteiger charge is -2.23. The first-order chi connectivity index (χ1) is 24.9. The van der Waals surface area contributed by atoms with E-state index in [4.69, 9.17) is 23.7 Å². The van der Waals surface area contributed by atoms with E-state index in [-0.39, 0.29) is 11.8 Å². The van der Waals surface area contributed by atoms with Crippen LogP contribution in [0.3, 0.4) is 0 Å². The van der Waals surface area contributed by atoms with Gasteiger partial charge in [0.1, 0.15) is 11.5 Å². The van der Waals surface area contributed by atoms with Crippen LogP contribution in [-0.2, 0) is 12.8 Å². The molecule has 51 heavy (non-hydrogen) atoms. The van der Waals surface area contributed by atoms with Crippen LogP contribution in [0, 0.1) is 0 Å². The SMILES string of the molecule is CCOc1ccc(N(CCc2ccccn2)C(=O)c2ccc(OC)cc2)cc1.COc1cc(C(=O)NCCc2ccccn2)cc(OC)c1OC. The molecule has 0 radical (unpaired) electrons. The molecule has 0 saturated carbocycles. The first-order valence-electron chi connectivity index (χ1n) is 16.5. The summed E-state index contributed by atoms with van der Waals surface area (Å²) in [7, 11) is 6.16. The van der Waals surface area contributed by atoms with Crippen LogP contribution in [0.25, 0.3) is 0 Å². The van der Waals surface area contributed by atoms with Gasteiger partial charge in [-0.3, -0.25) is 19.6 Å². The van der Waals surface area contributed by atoms with E-state index in [1.54, 1.807) is 60.8 Å². The lowest BCUT2D eigenvalue weighted by molar-refractivity contribution is 0.0951. The number of nitrogens with zero attached hydrogens (tertiary/aromatic N) is 3. The van der Waals surface area contributed by atoms with Crippen LogP contribution in [0.15, 0.2) is 109 Å². The number of ether oxygens (including phenoxy) is 5. The molecule has 2 heterocycles. The van der Waals surface area contributed by atoms with Crippen LogP contribution < -0.4 is 33.9 Å². The average Bonchev–Trinajstić information content (AvgIpc) is 3.19. The van der Waals surface area contributed by atoms with Crippen molar-refractivity contribution in [3.05, 3.63) is 132 Å². The number of carbonyl (C=O) groups excluding carboxylic acids is 2. The summed E-state index contributed by atoms with van der Waals surface area (Å²) in [6, 6.07) is 29.5. The highest BCUT2D eigenvalue weighted by Gasteiger charge is 2.19. The highest BCUT2D eigenvalue weighted by molar-refractivity contribution is 6.06. The van der Waals surface area contributed by atoms with Crippen molar-refractivity contribution in [3.8, 4) is 28.7 Å². The van der Waals surface area contributed by atoms with Crippen molar-refractivity contribution in [3.63, 3.8) is 0 Å². The van der Waals surface area contributed by atoms with Gasteiger partial charge in [-0.25, -0.2) is 0 Å². The standard InChI is InChI=1S/C23H24N2O3.C17H20N2O4/c1-3-28-22-13-9-20(10-14-22)25(17-15-19-6-4-5-16-24-19)23(26)18-7-11-21(27-2)12-8-18;1-21-14-10-12(11-15(22-2)16(14)23-3)17(20)19-9-7-13-6-4-5-8-18-13/h4-14,16H,3,15,17H2,1-2H3;4-6,8,10-11H,7,9H2,1-3H3,(H,19,20). The average molecular weight is 693 g/mol. The highest BCUT2D eigenvalue weighted by Crippen LogP contribution is 2.38.